The van der Waals surface area contributed by atoms with Crippen LogP contribution in [-0.2, 0) is 11.4 Å². The van der Waals surface area contributed by atoms with Gasteiger partial charge in [0.05, 0.1) is 6.04 Å². The zero-order valence-electron chi connectivity index (χ0n) is 16.7. The number of piperidine rings is 2. The molecule has 154 valence electrons. The molecule has 8 heteroatoms. The molecule has 3 fully saturated rings. The third-order valence-electron chi connectivity index (χ3n) is 6.31. The standard InChI is InChI=1S/C21H27N5O3/c1-15-9-11-24(12-10-15)20-23-22-19(29-20)18-8-7-17-13-25(18)21(27)26(17)28-14-16-5-3-2-4-6-16/h2-6,15,17-18H,7-14H2,1H3/t17-,18+/m1/s1. The summed E-state index contributed by atoms with van der Waals surface area (Å²) in [5.74, 6) is 1.28. The van der Waals surface area contributed by atoms with Gasteiger partial charge in [-0.1, -0.05) is 42.4 Å². The molecule has 2 amide bonds. The summed E-state index contributed by atoms with van der Waals surface area (Å²) in [7, 11) is 0. The van der Waals surface area contributed by atoms with E-state index in [9.17, 15) is 4.79 Å². The average Bonchev–Trinajstić information content (AvgIpc) is 3.33. The van der Waals surface area contributed by atoms with Crippen molar-refractivity contribution >= 4 is 12.0 Å². The maximum atomic E-state index is 13.0. The van der Waals surface area contributed by atoms with Crippen LogP contribution in [0.1, 0.15) is 50.1 Å². The van der Waals surface area contributed by atoms with E-state index in [2.05, 4.69) is 22.0 Å². The molecule has 0 radical (unpaired) electrons. The van der Waals surface area contributed by atoms with Crippen LogP contribution in [0, 0.1) is 5.92 Å². The van der Waals surface area contributed by atoms with Crippen molar-refractivity contribution in [3.05, 3.63) is 41.8 Å². The molecule has 0 spiro atoms. The highest BCUT2D eigenvalue weighted by atomic mass is 16.7. The number of carbonyl (C=O) groups is 1. The average molecular weight is 397 g/mol. The molecule has 8 nitrogen and oxygen atoms in total. The number of hydroxylamine groups is 2. The second kappa shape index (κ2) is 7.67. The molecule has 0 saturated carbocycles. The highest BCUT2D eigenvalue weighted by Gasteiger charge is 2.47. The summed E-state index contributed by atoms with van der Waals surface area (Å²) in [6.07, 6.45) is 3.95. The van der Waals surface area contributed by atoms with Crippen molar-refractivity contribution in [3.63, 3.8) is 0 Å². The normalized spacial score (nSPS) is 25.1. The van der Waals surface area contributed by atoms with Crippen LogP contribution in [-0.4, -0.2) is 51.9 Å². The van der Waals surface area contributed by atoms with E-state index in [1.54, 1.807) is 0 Å². The molecule has 0 aliphatic carbocycles. The topological polar surface area (TPSA) is 74.9 Å². The van der Waals surface area contributed by atoms with Gasteiger partial charge in [0.25, 0.3) is 0 Å². The highest BCUT2D eigenvalue weighted by Crippen LogP contribution is 2.39. The molecule has 3 saturated heterocycles. The Morgan fingerprint density at radius 1 is 1.10 bits per heavy atom. The number of amides is 2. The lowest BCUT2D eigenvalue weighted by Gasteiger charge is -2.29. The molecule has 0 unspecified atom stereocenters. The largest absolute Gasteiger partial charge is 0.406 e. The van der Waals surface area contributed by atoms with Gasteiger partial charge in [-0.05, 0) is 37.2 Å². The molecule has 5 rings (SSSR count). The Morgan fingerprint density at radius 3 is 2.69 bits per heavy atom. The van der Waals surface area contributed by atoms with Crippen molar-refractivity contribution in [1.29, 1.82) is 0 Å². The minimum atomic E-state index is -0.172. The lowest BCUT2D eigenvalue weighted by molar-refractivity contribution is -0.140. The smallest absolute Gasteiger partial charge is 0.345 e. The Hall–Kier alpha value is -2.61. The van der Waals surface area contributed by atoms with Crippen LogP contribution >= 0.6 is 0 Å². The van der Waals surface area contributed by atoms with Gasteiger partial charge in [0.1, 0.15) is 12.6 Å². The van der Waals surface area contributed by atoms with E-state index in [0.717, 1.165) is 50.3 Å². The highest BCUT2D eigenvalue weighted by molar-refractivity contribution is 5.77. The minimum absolute atomic E-state index is 0.0773. The summed E-state index contributed by atoms with van der Waals surface area (Å²) in [6, 6.07) is 10.3. The summed E-state index contributed by atoms with van der Waals surface area (Å²) in [4.78, 5) is 22.8. The van der Waals surface area contributed by atoms with Gasteiger partial charge in [0.2, 0.25) is 5.89 Å². The van der Waals surface area contributed by atoms with E-state index in [1.165, 1.54) is 5.06 Å². The lowest BCUT2D eigenvalue weighted by Crippen LogP contribution is -2.34. The first-order valence-electron chi connectivity index (χ1n) is 10.5. The maximum absolute atomic E-state index is 13.0. The number of aromatic nitrogens is 2. The van der Waals surface area contributed by atoms with Crippen molar-refractivity contribution < 1.29 is 14.0 Å². The minimum Gasteiger partial charge on any atom is -0.406 e. The van der Waals surface area contributed by atoms with Crippen LogP contribution in [0.15, 0.2) is 34.7 Å². The quantitative estimate of drug-likeness (QED) is 0.770. The summed E-state index contributed by atoms with van der Waals surface area (Å²) in [6.45, 7) is 5.19. The number of hydrogen-bond donors (Lipinski definition) is 0. The number of anilines is 1. The van der Waals surface area contributed by atoms with E-state index < -0.39 is 0 Å². The molecule has 2 atom stereocenters. The fourth-order valence-corrected chi connectivity index (χ4v) is 4.46. The van der Waals surface area contributed by atoms with Gasteiger partial charge in [-0.2, -0.15) is 5.06 Å². The predicted molar refractivity (Wildman–Crippen MR) is 106 cm³/mol. The second-order valence-electron chi connectivity index (χ2n) is 8.36. The molecule has 4 heterocycles. The zero-order chi connectivity index (χ0) is 19.8. The maximum Gasteiger partial charge on any atom is 0.345 e. The number of benzene rings is 1. The Balaban J connectivity index is 1.25. The van der Waals surface area contributed by atoms with Gasteiger partial charge < -0.3 is 14.2 Å². The summed E-state index contributed by atoms with van der Waals surface area (Å²) in [5, 5.41) is 10.1. The van der Waals surface area contributed by atoms with Crippen molar-refractivity contribution in [2.45, 2.75) is 51.3 Å². The number of fused-ring (bicyclic) bond motifs is 2. The van der Waals surface area contributed by atoms with E-state index in [-0.39, 0.29) is 18.1 Å². The third-order valence-corrected chi connectivity index (χ3v) is 6.31. The summed E-state index contributed by atoms with van der Waals surface area (Å²) < 4.78 is 6.01. The van der Waals surface area contributed by atoms with Crippen LogP contribution in [0.2, 0.25) is 0 Å². The van der Waals surface area contributed by atoms with Crippen molar-refractivity contribution in [3.8, 4) is 0 Å². The Morgan fingerprint density at radius 2 is 1.90 bits per heavy atom. The lowest BCUT2D eigenvalue weighted by atomic mass is 10.00. The number of urea groups is 1. The molecule has 2 bridgehead atoms. The van der Waals surface area contributed by atoms with Crippen LogP contribution < -0.4 is 4.90 Å². The Labute approximate surface area is 170 Å². The molecular weight excluding hydrogens is 370 g/mol. The summed E-state index contributed by atoms with van der Waals surface area (Å²) >= 11 is 0. The fourth-order valence-electron chi connectivity index (χ4n) is 4.46. The first-order valence-corrected chi connectivity index (χ1v) is 10.5. The van der Waals surface area contributed by atoms with Crippen LogP contribution in [0.3, 0.4) is 0 Å². The molecule has 29 heavy (non-hydrogen) atoms. The third kappa shape index (κ3) is 3.57. The van der Waals surface area contributed by atoms with Gasteiger partial charge >= 0.3 is 12.0 Å². The first-order chi connectivity index (χ1) is 14.2. The molecule has 3 aliphatic heterocycles. The zero-order valence-corrected chi connectivity index (χ0v) is 16.7. The van der Waals surface area contributed by atoms with Gasteiger partial charge in [0, 0.05) is 19.6 Å². The molecule has 1 aromatic carbocycles. The van der Waals surface area contributed by atoms with E-state index >= 15 is 0 Å². The molecule has 3 aliphatic rings. The monoisotopic (exact) mass is 397 g/mol. The molecule has 1 aromatic heterocycles. The number of hydrogen-bond acceptors (Lipinski definition) is 6. The van der Waals surface area contributed by atoms with Gasteiger partial charge in [-0.3, -0.25) is 4.84 Å². The van der Waals surface area contributed by atoms with Crippen LogP contribution in [0.25, 0.3) is 0 Å². The first kappa shape index (κ1) is 18.4. The van der Waals surface area contributed by atoms with Crippen LogP contribution in [0.4, 0.5) is 10.8 Å². The molecule has 0 N–H and O–H groups in total. The van der Waals surface area contributed by atoms with Gasteiger partial charge in [0.15, 0.2) is 0 Å². The van der Waals surface area contributed by atoms with Gasteiger partial charge in [-0.25, -0.2) is 4.79 Å². The fraction of sp³-hybridized carbons (Fsp3) is 0.571. The SMILES string of the molecule is CC1CCN(c2nnc([C@@H]3CC[C@@H]4CN3C(=O)N4OCc3ccccc3)o2)CC1. The number of nitrogens with zero attached hydrogens (tertiary/aromatic N) is 5. The number of carbonyl (C=O) groups excluding carboxylic acids is 1. The van der Waals surface area contributed by atoms with Gasteiger partial charge in [-0.15, -0.1) is 5.10 Å². The number of rotatable bonds is 5. The van der Waals surface area contributed by atoms with E-state index in [1.807, 2.05) is 35.2 Å². The molecular formula is C21H27N5O3. The Bertz CT molecular complexity index is 849. The predicted octanol–water partition coefficient (Wildman–Crippen LogP) is 3.38. The second-order valence-corrected chi connectivity index (χ2v) is 8.36. The van der Waals surface area contributed by atoms with Crippen molar-refractivity contribution in [2.75, 3.05) is 24.5 Å². The van der Waals surface area contributed by atoms with Crippen LogP contribution in [0.5, 0.6) is 0 Å². The van der Waals surface area contributed by atoms with Crippen molar-refractivity contribution in [1.82, 2.24) is 20.2 Å². The summed E-state index contributed by atoms with van der Waals surface area (Å²) in [5.41, 5.74) is 1.05. The van der Waals surface area contributed by atoms with E-state index in [0.29, 0.717) is 25.1 Å². The molecule has 2 aromatic rings. The van der Waals surface area contributed by atoms with E-state index in [4.69, 9.17) is 9.25 Å². The Kier molecular flexibility index (Phi) is 4.87. The van der Waals surface area contributed by atoms with Crippen molar-refractivity contribution in [2.24, 2.45) is 5.92 Å².